The van der Waals surface area contributed by atoms with Gasteiger partial charge >= 0.3 is 0 Å². The van der Waals surface area contributed by atoms with E-state index in [4.69, 9.17) is 4.74 Å². The van der Waals surface area contributed by atoms with Crippen LogP contribution in [0.15, 0.2) is 30.3 Å². The van der Waals surface area contributed by atoms with Gasteiger partial charge in [-0.3, -0.25) is 4.79 Å². The molecule has 0 aliphatic heterocycles. The van der Waals surface area contributed by atoms with Gasteiger partial charge in [-0.25, -0.2) is 0 Å². The van der Waals surface area contributed by atoms with Crippen LogP contribution in [0.1, 0.15) is 32.6 Å². The van der Waals surface area contributed by atoms with E-state index in [1.54, 1.807) is 0 Å². The molecule has 0 saturated heterocycles. The van der Waals surface area contributed by atoms with Gasteiger partial charge in [-0.15, -0.1) is 11.3 Å². The highest BCUT2D eigenvalue weighted by atomic mass is 32.1. The van der Waals surface area contributed by atoms with Crippen LogP contribution in [0.2, 0.25) is 0 Å². The second-order valence-electron chi connectivity index (χ2n) is 4.17. The second-order valence-corrected chi connectivity index (χ2v) is 5.46. The van der Waals surface area contributed by atoms with E-state index >= 15 is 0 Å². The predicted octanol–water partition coefficient (Wildman–Crippen LogP) is 3.99. The Bertz CT molecular complexity index is 570. The van der Waals surface area contributed by atoms with Gasteiger partial charge in [0.05, 0.1) is 17.0 Å². The number of hydrogen-bond donors (Lipinski definition) is 0. The van der Waals surface area contributed by atoms with Gasteiger partial charge in [-0.1, -0.05) is 11.6 Å². The molecule has 1 heterocycles. The van der Waals surface area contributed by atoms with E-state index in [0.717, 1.165) is 15.3 Å². The molecule has 0 amide bonds. The van der Waals surface area contributed by atoms with Gasteiger partial charge in [0.15, 0.2) is 0 Å². The van der Waals surface area contributed by atoms with E-state index in [2.05, 4.69) is 0 Å². The maximum absolute atomic E-state index is 12.4. The van der Waals surface area contributed by atoms with Crippen LogP contribution in [0.4, 0.5) is 0 Å². The number of aryl methyl sites for hydroxylation is 2. The maximum Gasteiger partial charge on any atom is 0.206 e. The first-order valence-electron chi connectivity index (χ1n) is 5.96. The van der Waals surface area contributed by atoms with E-state index in [9.17, 15) is 4.79 Å². The van der Waals surface area contributed by atoms with Crippen LogP contribution in [-0.2, 0) is 0 Å². The van der Waals surface area contributed by atoms with Crippen molar-refractivity contribution in [3.05, 3.63) is 51.2 Å². The molecule has 0 N–H and O–H groups in total. The Balaban J connectivity index is 2.42. The lowest BCUT2D eigenvalue weighted by Gasteiger charge is -2.09. The monoisotopic (exact) mass is 260 g/mol. The lowest BCUT2D eigenvalue weighted by molar-refractivity contribution is 0.103. The second kappa shape index (κ2) is 5.36. The van der Waals surface area contributed by atoms with Gasteiger partial charge in [-0.05, 0) is 45.0 Å². The molecule has 0 spiro atoms. The van der Waals surface area contributed by atoms with E-state index in [1.165, 1.54) is 11.3 Å². The molecule has 0 radical (unpaired) electrons. The molecule has 2 aromatic rings. The summed E-state index contributed by atoms with van der Waals surface area (Å²) < 4.78 is 5.53. The molecular weight excluding hydrogens is 244 g/mol. The fourth-order valence-corrected chi connectivity index (χ4v) is 2.61. The summed E-state index contributed by atoms with van der Waals surface area (Å²) >= 11 is 1.52. The third-order valence-corrected chi connectivity index (χ3v) is 3.64. The number of carbonyl (C=O) groups excluding carboxylic acids is 1. The molecule has 1 aromatic carbocycles. The van der Waals surface area contributed by atoms with Gasteiger partial charge < -0.3 is 4.74 Å². The predicted molar refractivity (Wildman–Crippen MR) is 74.8 cm³/mol. The minimum absolute atomic E-state index is 0.0419. The Morgan fingerprint density at radius 2 is 2.00 bits per heavy atom. The molecule has 0 unspecified atom stereocenters. The average molecular weight is 260 g/mol. The van der Waals surface area contributed by atoms with Crippen molar-refractivity contribution in [3.63, 3.8) is 0 Å². The van der Waals surface area contributed by atoms with Gasteiger partial charge in [-0.2, -0.15) is 0 Å². The molecular formula is C15H16O2S. The number of carbonyl (C=O) groups is 1. The summed E-state index contributed by atoms with van der Waals surface area (Å²) in [7, 11) is 0. The number of hydrogen-bond acceptors (Lipinski definition) is 3. The largest absolute Gasteiger partial charge is 0.493 e. The summed E-state index contributed by atoms with van der Waals surface area (Å²) in [5.74, 6) is 0.708. The number of ketones is 1. The summed E-state index contributed by atoms with van der Waals surface area (Å²) in [4.78, 5) is 14.3. The van der Waals surface area contributed by atoms with Crippen LogP contribution in [0.25, 0.3) is 0 Å². The van der Waals surface area contributed by atoms with E-state index in [0.29, 0.717) is 17.9 Å². The molecule has 18 heavy (non-hydrogen) atoms. The molecule has 0 aliphatic carbocycles. The maximum atomic E-state index is 12.4. The lowest BCUT2D eigenvalue weighted by Crippen LogP contribution is -2.04. The molecule has 0 saturated carbocycles. The molecule has 3 heteroatoms. The Morgan fingerprint density at radius 3 is 2.61 bits per heavy atom. The summed E-state index contributed by atoms with van der Waals surface area (Å²) in [5.41, 5.74) is 1.72. The van der Waals surface area contributed by atoms with Crippen molar-refractivity contribution in [3.8, 4) is 5.75 Å². The Kier molecular flexibility index (Phi) is 3.82. The van der Waals surface area contributed by atoms with E-state index in [-0.39, 0.29) is 5.78 Å². The molecule has 0 fully saturated rings. The van der Waals surface area contributed by atoms with Gasteiger partial charge in [0.1, 0.15) is 5.75 Å². The first-order valence-corrected chi connectivity index (χ1v) is 6.78. The van der Waals surface area contributed by atoms with Gasteiger partial charge in [0.2, 0.25) is 5.78 Å². The Morgan fingerprint density at radius 1 is 1.22 bits per heavy atom. The minimum atomic E-state index is 0.0419. The fraction of sp³-hybridized carbons (Fsp3) is 0.267. The van der Waals surface area contributed by atoms with Crippen LogP contribution in [-0.4, -0.2) is 12.4 Å². The highest BCUT2D eigenvalue weighted by molar-refractivity contribution is 7.14. The smallest absolute Gasteiger partial charge is 0.206 e. The number of ether oxygens (including phenoxy) is 1. The van der Waals surface area contributed by atoms with Crippen molar-refractivity contribution >= 4 is 17.1 Å². The van der Waals surface area contributed by atoms with Crippen LogP contribution < -0.4 is 4.74 Å². The highest BCUT2D eigenvalue weighted by Crippen LogP contribution is 2.26. The lowest BCUT2D eigenvalue weighted by atomic mass is 10.1. The zero-order valence-corrected chi connectivity index (χ0v) is 11.6. The van der Waals surface area contributed by atoms with Crippen LogP contribution in [0.5, 0.6) is 5.75 Å². The average Bonchev–Trinajstić information content (AvgIpc) is 2.77. The zero-order chi connectivity index (χ0) is 13.1. The molecule has 1 aromatic heterocycles. The summed E-state index contributed by atoms with van der Waals surface area (Å²) in [6, 6.07) is 9.56. The van der Waals surface area contributed by atoms with Crippen molar-refractivity contribution in [1.82, 2.24) is 0 Å². The fourth-order valence-electron chi connectivity index (χ4n) is 1.79. The topological polar surface area (TPSA) is 26.3 Å². The first kappa shape index (κ1) is 12.8. The zero-order valence-electron chi connectivity index (χ0n) is 10.8. The van der Waals surface area contributed by atoms with Crippen molar-refractivity contribution in [2.75, 3.05) is 6.61 Å². The van der Waals surface area contributed by atoms with E-state index in [1.807, 2.05) is 51.1 Å². The van der Waals surface area contributed by atoms with E-state index < -0.39 is 0 Å². The van der Waals surface area contributed by atoms with Crippen molar-refractivity contribution in [2.45, 2.75) is 20.8 Å². The normalized spacial score (nSPS) is 10.4. The summed E-state index contributed by atoms with van der Waals surface area (Å²) in [6.45, 7) is 6.46. The molecule has 94 valence electrons. The number of benzene rings is 1. The van der Waals surface area contributed by atoms with Gasteiger partial charge in [0.25, 0.3) is 0 Å². The van der Waals surface area contributed by atoms with Crippen molar-refractivity contribution in [2.24, 2.45) is 0 Å². The Labute approximate surface area is 111 Å². The molecule has 0 aliphatic rings. The van der Waals surface area contributed by atoms with Crippen LogP contribution in [0, 0.1) is 13.8 Å². The quantitative estimate of drug-likeness (QED) is 0.777. The standard InChI is InChI=1S/C15H16O2S/c1-4-17-13-7-5-10(2)9-12(13)15(16)14-8-6-11(3)18-14/h5-9H,4H2,1-3H3. The van der Waals surface area contributed by atoms with Crippen LogP contribution >= 0.6 is 11.3 Å². The molecule has 2 nitrogen and oxygen atoms in total. The summed E-state index contributed by atoms with van der Waals surface area (Å²) in [6.07, 6.45) is 0. The Hall–Kier alpha value is -1.61. The molecule has 0 atom stereocenters. The van der Waals surface area contributed by atoms with Crippen molar-refractivity contribution < 1.29 is 9.53 Å². The molecule has 2 rings (SSSR count). The third kappa shape index (κ3) is 2.62. The SMILES string of the molecule is CCOc1ccc(C)cc1C(=O)c1ccc(C)s1. The third-order valence-electron chi connectivity index (χ3n) is 2.64. The van der Waals surface area contributed by atoms with Crippen LogP contribution in [0.3, 0.4) is 0 Å². The highest BCUT2D eigenvalue weighted by Gasteiger charge is 2.16. The number of thiophene rings is 1. The first-order chi connectivity index (χ1) is 8.61. The van der Waals surface area contributed by atoms with Gasteiger partial charge in [0, 0.05) is 4.88 Å². The van der Waals surface area contributed by atoms with Crippen molar-refractivity contribution in [1.29, 1.82) is 0 Å². The number of rotatable bonds is 4. The minimum Gasteiger partial charge on any atom is -0.493 e. The molecule has 0 bridgehead atoms. The summed E-state index contributed by atoms with van der Waals surface area (Å²) in [5, 5.41) is 0.